The number of aryl methyl sites for hydroxylation is 1. The van der Waals surface area contributed by atoms with Crippen molar-refractivity contribution in [1.82, 2.24) is 0 Å². The Labute approximate surface area is 159 Å². The first-order valence-electron chi connectivity index (χ1n) is 7.37. The molecule has 0 saturated heterocycles. The van der Waals surface area contributed by atoms with E-state index in [4.69, 9.17) is 4.43 Å². The van der Waals surface area contributed by atoms with Gasteiger partial charge in [-0.2, -0.15) is 35.9 Å². The average Bonchev–Trinajstić information content (AvgIpc) is 2.35. The molecule has 0 unspecified atom stereocenters. The first kappa shape index (κ1) is 23.9. The van der Waals surface area contributed by atoms with E-state index in [0.717, 1.165) is 19.4 Å². The first-order valence-corrected chi connectivity index (χ1v) is 10.3. The Morgan fingerprint density at radius 1 is 1.24 bits per heavy atom. The number of rotatable bonds is 7. The van der Waals surface area contributed by atoms with Gasteiger partial charge in [0.05, 0.1) is 0 Å². The van der Waals surface area contributed by atoms with E-state index in [1.54, 1.807) is 0 Å². The molecule has 4 heteroatoms. The monoisotopic (exact) mass is 380 g/mol. The van der Waals surface area contributed by atoms with Crippen molar-refractivity contribution in [1.29, 1.82) is 0 Å². The van der Waals surface area contributed by atoms with Gasteiger partial charge in [0.2, 0.25) is 0 Å². The molecule has 0 saturated carbocycles. The van der Waals surface area contributed by atoms with Crippen LogP contribution in [-0.4, -0.2) is 38.0 Å². The molecular formula is C17H29BrMgOSi. The first-order chi connectivity index (χ1) is 8.77. The SMILES string of the molecule is CC(C)C(C)(C)[Si](C)(C)OCCCc1[c-]cccc1.[Br-].[Mg+2]. The molecule has 1 nitrogen and oxygen atoms in total. The molecule has 1 aromatic rings. The molecule has 0 amide bonds. The zero-order chi connectivity index (χ0) is 14.5. The van der Waals surface area contributed by atoms with E-state index >= 15 is 0 Å². The number of halogens is 1. The minimum atomic E-state index is -1.64. The summed E-state index contributed by atoms with van der Waals surface area (Å²) in [5.74, 6) is 0.664. The van der Waals surface area contributed by atoms with Gasteiger partial charge >= 0.3 is 23.1 Å². The number of hydrogen-bond donors (Lipinski definition) is 0. The van der Waals surface area contributed by atoms with Crippen molar-refractivity contribution < 1.29 is 21.4 Å². The molecule has 0 fully saturated rings. The van der Waals surface area contributed by atoms with E-state index in [9.17, 15) is 0 Å². The molecule has 21 heavy (non-hydrogen) atoms. The van der Waals surface area contributed by atoms with Gasteiger partial charge < -0.3 is 21.4 Å². The minimum Gasteiger partial charge on any atom is -1.00 e. The van der Waals surface area contributed by atoms with Gasteiger partial charge in [0.15, 0.2) is 8.32 Å². The Balaban J connectivity index is 0. The Morgan fingerprint density at radius 3 is 2.33 bits per heavy atom. The van der Waals surface area contributed by atoms with Gasteiger partial charge in [-0.15, -0.1) is 0 Å². The standard InChI is InChI=1S/C17H29OSi.BrH.Mg/c1-15(2)17(3,4)19(5,6)18-14-10-13-16-11-8-7-9-12-16;;/h7-9,11,15H,10,13-14H2,1-6H3;1H;/q-1;;+2/p-1. The van der Waals surface area contributed by atoms with Crippen LogP contribution in [0.4, 0.5) is 0 Å². The normalized spacial score (nSPS) is 11.8. The van der Waals surface area contributed by atoms with Crippen LogP contribution in [0, 0.1) is 12.0 Å². The third-order valence-corrected chi connectivity index (χ3v) is 9.43. The Morgan fingerprint density at radius 2 is 1.86 bits per heavy atom. The Bertz CT molecular complexity index is 380. The van der Waals surface area contributed by atoms with Crippen molar-refractivity contribution in [3.63, 3.8) is 0 Å². The summed E-state index contributed by atoms with van der Waals surface area (Å²) in [6.07, 6.45) is 2.15. The van der Waals surface area contributed by atoms with Crippen molar-refractivity contribution >= 4 is 31.4 Å². The van der Waals surface area contributed by atoms with E-state index < -0.39 is 8.32 Å². The molecule has 116 valence electrons. The molecule has 1 aromatic carbocycles. The van der Waals surface area contributed by atoms with E-state index in [1.807, 2.05) is 12.1 Å². The van der Waals surface area contributed by atoms with Crippen LogP contribution in [0.1, 0.15) is 39.7 Å². The van der Waals surface area contributed by atoms with Gasteiger partial charge in [-0.3, -0.25) is 0 Å². The molecule has 0 aliphatic carbocycles. The Kier molecular flexibility index (Phi) is 11.9. The fourth-order valence-electron chi connectivity index (χ4n) is 2.06. The van der Waals surface area contributed by atoms with E-state index in [0.29, 0.717) is 11.0 Å². The van der Waals surface area contributed by atoms with Crippen LogP contribution in [-0.2, 0) is 10.8 Å². The van der Waals surface area contributed by atoms with Crippen LogP contribution in [0.3, 0.4) is 0 Å². The van der Waals surface area contributed by atoms with Gasteiger partial charge in [0, 0.05) is 6.61 Å². The quantitative estimate of drug-likeness (QED) is 0.397. The van der Waals surface area contributed by atoms with Crippen molar-refractivity contribution in [3.8, 4) is 0 Å². The molecular weight excluding hydrogens is 352 g/mol. The predicted molar refractivity (Wildman–Crippen MR) is 91.7 cm³/mol. The van der Waals surface area contributed by atoms with Crippen molar-refractivity contribution in [2.75, 3.05) is 6.61 Å². The number of hydrogen-bond acceptors (Lipinski definition) is 1. The topological polar surface area (TPSA) is 9.23 Å². The van der Waals surface area contributed by atoms with Gasteiger partial charge in [-0.25, -0.2) is 0 Å². The van der Waals surface area contributed by atoms with E-state index in [1.165, 1.54) is 5.56 Å². The van der Waals surface area contributed by atoms with Crippen LogP contribution in [0.25, 0.3) is 0 Å². The Hall–Kier alpha value is 0.643. The smallest absolute Gasteiger partial charge is 1.00 e. The summed E-state index contributed by atoms with van der Waals surface area (Å²) in [5.41, 5.74) is 1.29. The van der Waals surface area contributed by atoms with Crippen LogP contribution in [0.5, 0.6) is 0 Å². The molecule has 0 radical (unpaired) electrons. The summed E-state index contributed by atoms with van der Waals surface area (Å²) in [4.78, 5) is 0. The van der Waals surface area contributed by atoms with Crippen LogP contribution >= 0.6 is 0 Å². The average molecular weight is 382 g/mol. The predicted octanol–water partition coefficient (Wildman–Crippen LogP) is 1.70. The third-order valence-electron chi connectivity index (χ3n) is 4.82. The van der Waals surface area contributed by atoms with Gasteiger partial charge in [0.25, 0.3) is 0 Å². The van der Waals surface area contributed by atoms with Crippen molar-refractivity contribution in [2.45, 2.75) is 58.7 Å². The van der Waals surface area contributed by atoms with E-state index in [-0.39, 0.29) is 40.0 Å². The van der Waals surface area contributed by atoms with Crippen LogP contribution < -0.4 is 17.0 Å². The van der Waals surface area contributed by atoms with Crippen LogP contribution in [0.15, 0.2) is 24.3 Å². The molecule has 0 aliphatic heterocycles. The number of benzene rings is 1. The van der Waals surface area contributed by atoms with Gasteiger partial charge in [-0.1, -0.05) is 27.7 Å². The summed E-state index contributed by atoms with van der Waals surface area (Å²) in [5, 5.41) is 0.311. The van der Waals surface area contributed by atoms with Gasteiger partial charge in [-0.05, 0) is 36.9 Å². The summed E-state index contributed by atoms with van der Waals surface area (Å²) < 4.78 is 6.30. The largest absolute Gasteiger partial charge is 2.00 e. The van der Waals surface area contributed by atoms with Gasteiger partial charge in [0.1, 0.15) is 0 Å². The molecule has 0 aliphatic rings. The van der Waals surface area contributed by atoms with Crippen LogP contribution in [0.2, 0.25) is 18.1 Å². The molecule has 0 N–H and O–H groups in total. The summed E-state index contributed by atoms with van der Waals surface area (Å²) in [6, 6.07) is 11.5. The maximum atomic E-state index is 6.30. The molecule has 1 rings (SSSR count). The maximum absolute atomic E-state index is 6.30. The second-order valence-electron chi connectivity index (χ2n) is 6.73. The second-order valence-corrected chi connectivity index (χ2v) is 11.3. The fraction of sp³-hybridized carbons (Fsp3) is 0.647. The molecule has 0 heterocycles. The maximum Gasteiger partial charge on any atom is 2.00 e. The third kappa shape index (κ3) is 7.17. The second kappa shape index (κ2) is 10.4. The molecule has 0 atom stereocenters. The van der Waals surface area contributed by atoms with E-state index in [2.05, 4.69) is 59.0 Å². The summed E-state index contributed by atoms with van der Waals surface area (Å²) in [7, 11) is -1.64. The fourth-order valence-corrected chi connectivity index (χ4v) is 4.47. The zero-order valence-electron chi connectivity index (χ0n) is 14.5. The zero-order valence-corrected chi connectivity index (χ0v) is 18.5. The minimum absolute atomic E-state index is 0. The molecule has 0 aromatic heterocycles. The van der Waals surface area contributed by atoms with Crippen molar-refractivity contribution in [3.05, 3.63) is 35.9 Å². The summed E-state index contributed by atoms with van der Waals surface area (Å²) in [6.45, 7) is 14.9. The molecule has 0 bridgehead atoms. The summed E-state index contributed by atoms with van der Waals surface area (Å²) >= 11 is 0. The van der Waals surface area contributed by atoms with Crippen molar-refractivity contribution in [2.24, 2.45) is 5.92 Å². The molecule has 0 spiro atoms.